The molecule has 4 aromatic rings. The zero-order chi connectivity index (χ0) is 20.2. The van der Waals surface area contributed by atoms with Gasteiger partial charge in [0.15, 0.2) is 5.78 Å². The Morgan fingerprint density at radius 3 is 2.07 bits per heavy atom. The predicted octanol–water partition coefficient (Wildman–Crippen LogP) is 4.87. The van der Waals surface area contributed by atoms with Crippen molar-refractivity contribution < 1.29 is 14.0 Å². The van der Waals surface area contributed by atoms with E-state index in [4.69, 9.17) is 16.0 Å². The lowest BCUT2D eigenvalue weighted by atomic mass is 10.0. The van der Waals surface area contributed by atoms with Gasteiger partial charge in [-0.25, -0.2) is 0 Å². The number of hydrogen-bond donors (Lipinski definition) is 1. The summed E-state index contributed by atoms with van der Waals surface area (Å²) in [7, 11) is 0. The first-order valence-corrected chi connectivity index (χ1v) is 9.08. The molecule has 1 aromatic heterocycles. The van der Waals surface area contributed by atoms with E-state index in [1.165, 1.54) is 0 Å². The highest BCUT2D eigenvalue weighted by Gasteiger charge is 2.14. The van der Waals surface area contributed by atoms with Gasteiger partial charge < -0.3 is 4.42 Å². The minimum Gasteiger partial charge on any atom is -0.403 e. The van der Waals surface area contributed by atoms with E-state index < -0.39 is 5.91 Å². The summed E-state index contributed by atoms with van der Waals surface area (Å²) >= 11 is 5.86. The van der Waals surface area contributed by atoms with Crippen LogP contribution in [0, 0.1) is 0 Å². The SMILES string of the molecule is O=C(Nc1nnc(-c2ccc(Cl)cc2)o1)c1ccc(C(=O)c2ccccc2)cc1. The standard InChI is InChI=1S/C22H14ClN3O3/c23-18-12-10-17(11-13-18)21-25-26-22(29-21)24-20(28)16-8-6-15(7-9-16)19(27)14-4-2-1-3-5-14/h1-13H,(H,24,26,28). The van der Waals surface area contributed by atoms with Gasteiger partial charge >= 0.3 is 6.01 Å². The Kier molecular flexibility index (Phi) is 5.18. The Bertz CT molecular complexity index is 1150. The van der Waals surface area contributed by atoms with Crippen molar-refractivity contribution in [2.75, 3.05) is 5.32 Å². The smallest absolute Gasteiger partial charge is 0.322 e. The molecule has 6 nitrogen and oxygen atoms in total. The van der Waals surface area contributed by atoms with Crippen molar-refractivity contribution in [2.45, 2.75) is 0 Å². The zero-order valence-electron chi connectivity index (χ0n) is 15.0. The molecule has 1 amide bonds. The van der Waals surface area contributed by atoms with Gasteiger partial charge in [-0.15, -0.1) is 5.10 Å². The van der Waals surface area contributed by atoms with Crippen molar-refractivity contribution in [3.8, 4) is 11.5 Å². The van der Waals surface area contributed by atoms with Gasteiger partial charge in [0.2, 0.25) is 5.89 Å². The maximum absolute atomic E-state index is 12.4. The number of carbonyl (C=O) groups excluding carboxylic acids is 2. The third-order valence-electron chi connectivity index (χ3n) is 4.18. The number of nitrogens with one attached hydrogen (secondary N) is 1. The van der Waals surface area contributed by atoms with Crippen LogP contribution in [0.15, 0.2) is 83.3 Å². The molecule has 0 aliphatic rings. The Morgan fingerprint density at radius 2 is 1.38 bits per heavy atom. The van der Waals surface area contributed by atoms with Gasteiger partial charge in [-0.05, 0) is 36.4 Å². The molecule has 0 radical (unpaired) electrons. The first-order chi connectivity index (χ1) is 14.1. The summed E-state index contributed by atoms with van der Waals surface area (Å²) in [5.74, 6) is -0.266. The molecule has 7 heteroatoms. The molecule has 0 aliphatic carbocycles. The minimum absolute atomic E-state index is 0.0237. The van der Waals surface area contributed by atoms with Gasteiger partial charge in [-0.1, -0.05) is 59.2 Å². The molecule has 0 unspecified atom stereocenters. The molecule has 0 atom stereocenters. The van der Waals surface area contributed by atoms with E-state index in [0.29, 0.717) is 27.3 Å². The molecule has 0 bridgehead atoms. The molecule has 0 saturated carbocycles. The number of aromatic nitrogens is 2. The third kappa shape index (κ3) is 4.23. The van der Waals surface area contributed by atoms with Gasteiger partial charge in [0.25, 0.3) is 5.91 Å². The number of ketones is 1. The molecule has 0 spiro atoms. The van der Waals surface area contributed by atoms with E-state index >= 15 is 0 Å². The summed E-state index contributed by atoms with van der Waals surface area (Å²) in [5, 5.41) is 10.9. The molecule has 1 heterocycles. The summed E-state index contributed by atoms with van der Waals surface area (Å²) in [6, 6.07) is 22.2. The second-order valence-corrected chi connectivity index (χ2v) is 6.58. The fraction of sp³-hybridized carbons (Fsp3) is 0. The summed E-state index contributed by atoms with van der Waals surface area (Å²) < 4.78 is 5.47. The molecule has 0 saturated heterocycles. The maximum atomic E-state index is 12.4. The monoisotopic (exact) mass is 403 g/mol. The van der Waals surface area contributed by atoms with Crippen LogP contribution in [0.25, 0.3) is 11.5 Å². The van der Waals surface area contributed by atoms with Crippen molar-refractivity contribution in [3.63, 3.8) is 0 Å². The molecule has 3 aromatic carbocycles. The number of nitrogens with zero attached hydrogens (tertiary/aromatic N) is 2. The van der Waals surface area contributed by atoms with Gasteiger partial charge in [-0.3, -0.25) is 14.9 Å². The molecule has 0 fully saturated rings. The lowest BCUT2D eigenvalue weighted by Crippen LogP contribution is -2.12. The van der Waals surface area contributed by atoms with Crippen LogP contribution in [-0.4, -0.2) is 21.9 Å². The Morgan fingerprint density at radius 1 is 0.759 bits per heavy atom. The highest BCUT2D eigenvalue weighted by atomic mass is 35.5. The van der Waals surface area contributed by atoms with Gasteiger partial charge in [-0.2, -0.15) is 0 Å². The van der Waals surface area contributed by atoms with Crippen LogP contribution in [0.4, 0.5) is 6.01 Å². The second-order valence-electron chi connectivity index (χ2n) is 6.15. The quantitative estimate of drug-likeness (QED) is 0.480. The third-order valence-corrected chi connectivity index (χ3v) is 4.43. The highest BCUT2D eigenvalue weighted by molar-refractivity contribution is 6.30. The fourth-order valence-corrected chi connectivity index (χ4v) is 2.81. The molecule has 4 rings (SSSR count). The number of amides is 1. The number of carbonyl (C=O) groups is 2. The van der Waals surface area contributed by atoms with Crippen LogP contribution in [0.2, 0.25) is 5.02 Å². The first kappa shape index (κ1) is 18.6. The van der Waals surface area contributed by atoms with E-state index in [-0.39, 0.29) is 17.7 Å². The second kappa shape index (κ2) is 8.08. The van der Waals surface area contributed by atoms with Crippen LogP contribution in [0.3, 0.4) is 0 Å². The molecule has 0 aliphatic heterocycles. The Labute approximate surface area is 171 Å². The van der Waals surface area contributed by atoms with E-state index in [1.54, 1.807) is 72.8 Å². The molecular weight excluding hydrogens is 390 g/mol. The van der Waals surface area contributed by atoms with Crippen LogP contribution < -0.4 is 5.32 Å². The number of benzene rings is 3. The van der Waals surface area contributed by atoms with Crippen molar-refractivity contribution in [1.29, 1.82) is 0 Å². The lowest BCUT2D eigenvalue weighted by molar-refractivity contribution is 0.101. The van der Waals surface area contributed by atoms with E-state index in [0.717, 1.165) is 0 Å². The number of rotatable bonds is 5. The lowest BCUT2D eigenvalue weighted by Gasteiger charge is -2.04. The Balaban J connectivity index is 1.45. The van der Waals surface area contributed by atoms with E-state index in [1.807, 2.05) is 6.07 Å². The van der Waals surface area contributed by atoms with Crippen LogP contribution in [0.5, 0.6) is 0 Å². The minimum atomic E-state index is -0.421. The highest BCUT2D eigenvalue weighted by Crippen LogP contribution is 2.22. The van der Waals surface area contributed by atoms with Crippen molar-refractivity contribution in [3.05, 3.63) is 101 Å². The molecule has 29 heavy (non-hydrogen) atoms. The zero-order valence-corrected chi connectivity index (χ0v) is 15.8. The maximum Gasteiger partial charge on any atom is 0.322 e. The normalized spacial score (nSPS) is 10.5. The summed E-state index contributed by atoms with van der Waals surface area (Å²) in [6.07, 6.45) is 0. The van der Waals surface area contributed by atoms with Crippen LogP contribution in [0.1, 0.15) is 26.3 Å². The number of hydrogen-bond acceptors (Lipinski definition) is 5. The van der Waals surface area contributed by atoms with Crippen molar-refractivity contribution in [2.24, 2.45) is 0 Å². The predicted molar refractivity (Wildman–Crippen MR) is 109 cm³/mol. The summed E-state index contributed by atoms with van der Waals surface area (Å²) in [6.45, 7) is 0. The van der Waals surface area contributed by atoms with Crippen molar-refractivity contribution >= 4 is 29.3 Å². The van der Waals surface area contributed by atoms with Crippen molar-refractivity contribution in [1.82, 2.24) is 10.2 Å². The van der Waals surface area contributed by atoms with Gasteiger partial charge in [0, 0.05) is 27.3 Å². The Hall–Kier alpha value is -3.77. The van der Waals surface area contributed by atoms with Crippen LogP contribution in [-0.2, 0) is 0 Å². The topological polar surface area (TPSA) is 85.1 Å². The first-order valence-electron chi connectivity index (χ1n) is 8.71. The number of anilines is 1. The van der Waals surface area contributed by atoms with Crippen LogP contribution >= 0.6 is 11.6 Å². The largest absolute Gasteiger partial charge is 0.403 e. The van der Waals surface area contributed by atoms with E-state index in [9.17, 15) is 9.59 Å². The molecule has 1 N–H and O–H groups in total. The average molecular weight is 404 g/mol. The van der Waals surface area contributed by atoms with E-state index in [2.05, 4.69) is 15.5 Å². The summed E-state index contributed by atoms with van der Waals surface area (Å²) in [5.41, 5.74) is 2.13. The van der Waals surface area contributed by atoms with Gasteiger partial charge in [0.1, 0.15) is 0 Å². The summed E-state index contributed by atoms with van der Waals surface area (Å²) in [4.78, 5) is 24.8. The molecular formula is C22H14ClN3O3. The molecule has 142 valence electrons. The number of halogens is 1. The van der Waals surface area contributed by atoms with Gasteiger partial charge in [0.05, 0.1) is 0 Å². The average Bonchev–Trinajstić information content (AvgIpc) is 3.23. The fourth-order valence-electron chi connectivity index (χ4n) is 2.68.